The van der Waals surface area contributed by atoms with Gasteiger partial charge in [0.2, 0.25) is 5.89 Å². The molecule has 20 heavy (non-hydrogen) atoms. The van der Waals surface area contributed by atoms with Gasteiger partial charge in [0.15, 0.2) is 0 Å². The summed E-state index contributed by atoms with van der Waals surface area (Å²) in [6.45, 7) is 7.60. The summed E-state index contributed by atoms with van der Waals surface area (Å²) in [5, 5.41) is 7.62. The molecule has 1 N–H and O–H groups in total. The molecule has 0 saturated carbocycles. The zero-order valence-electron chi connectivity index (χ0n) is 12.9. The molecule has 1 aliphatic heterocycles. The van der Waals surface area contributed by atoms with Gasteiger partial charge in [-0.1, -0.05) is 19.8 Å². The van der Waals surface area contributed by atoms with Gasteiger partial charge in [0.05, 0.1) is 0 Å². The number of hydrogen-bond acceptors (Lipinski definition) is 5. The highest BCUT2D eigenvalue weighted by Crippen LogP contribution is 2.16. The zero-order valence-corrected chi connectivity index (χ0v) is 12.9. The van der Waals surface area contributed by atoms with Crippen LogP contribution >= 0.6 is 0 Å². The van der Waals surface area contributed by atoms with Gasteiger partial charge in [-0.15, -0.1) is 0 Å². The van der Waals surface area contributed by atoms with Gasteiger partial charge < -0.3 is 14.7 Å². The van der Waals surface area contributed by atoms with Gasteiger partial charge in [0.1, 0.15) is 0 Å². The van der Waals surface area contributed by atoms with Crippen LogP contribution in [0.2, 0.25) is 0 Å². The predicted octanol–water partition coefficient (Wildman–Crippen LogP) is 2.77. The maximum Gasteiger partial charge on any atom is 0.266 e. The molecular weight excluding hydrogens is 252 g/mol. The molecule has 1 aromatic rings. The maximum absolute atomic E-state index is 5.38. The second-order valence-electron chi connectivity index (χ2n) is 5.78. The first kappa shape index (κ1) is 15.3. The van der Waals surface area contributed by atoms with E-state index in [9.17, 15) is 0 Å². The molecule has 2 heterocycles. The summed E-state index contributed by atoms with van der Waals surface area (Å²) in [4.78, 5) is 6.81. The van der Waals surface area contributed by atoms with Crippen LogP contribution in [0.15, 0.2) is 4.52 Å². The van der Waals surface area contributed by atoms with Crippen molar-refractivity contribution in [3.05, 3.63) is 5.89 Å². The summed E-state index contributed by atoms with van der Waals surface area (Å²) in [5.41, 5.74) is 0. The van der Waals surface area contributed by atoms with Crippen LogP contribution in [0.1, 0.15) is 58.3 Å². The van der Waals surface area contributed by atoms with E-state index in [0.29, 0.717) is 6.04 Å². The van der Waals surface area contributed by atoms with Crippen LogP contribution in [0.25, 0.3) is 0 Å². The number of anilines is 1. The molecule has 0 radical (unpaired) electrons. The van der Waals surface area contributed by atoms with Crippen molar-refractivity contribution in [2.75, 3.05) is 24.5 Å². The van der Waals surface area contributed by atoms with Crippen molar-refractivity contribution in [2.24, 2.45) is 0 Å². The lowest BCUT2D eigenvalue weighted by Gasteiger charge is -2.16. The minimum Gasteiger partial charge on any atom is -0.338 e. The predicted molar refractivity (Wildman–Crippen MR) is 81.1 cm³/mol. The SMILES string of the molecule is CCCNC(C)CCc1nc(N2CCCCCC2)no1. The molecule has 1 unspecified atom stereocenters. The fourth-order valence-corrected chi connectivity index (χ4v) is 2.58. The van der Waals surface area contributed by atoms with Crippen molar-refractivity contribution in [3.8, 4) is 0 Å². The second-order valence-corrected chi connectivity index (χ2v) is 5.78. The summed E-state index contributed by atoms with van der Waals surface area (Å²) in [7, 11) is 0. The van der Waals surface area contributed by atoms with E-state index in [0.717, 1.165) is 44.3 Å². The van der Waals surface area contributed by atoms with E-state index >= 15 is 0 Å². The third kappa shape index (κ3) is 4.78. The van der Waals surface area contributed by atoms with E-state index in [-0.39, 0.29) is 0 Å². The van der Waals surface area contributed by atoms with Gasteiger partial charge in [-0.2, -0.15) is 4.98 Å². The normalized spacial score (nSPS) is 18.0. The molecule has 5 nitrogen and oxygen atoms in total. The molecule has 1 aromatic heterocycles. The van der Waals surface area contributed by atoms with Gasteiger partial charge in [0.25, 0.3) is 5.95 Å². The number of hydrogen-bond donors (Lipinski definition) is 1. The molecule has 1 aliphatic rings. The topological polar surface area (TPSA) is 54.2 Å². The Balaban J connectivity index is 1.79. The summed E-state index contributed by atoms with van der Waals surface area (Å²) in [6.07, 6.45) is 8.19. The quantitative estimate of drug-likeness (QED) is 0.832. The van der Waals surface area contributed by atoms with Gasteiger partial charge in [-0.3, -0.25) is 0 Å². The van der Waals surface area contributed by atoms with Crippen molar-refractivity contribution in [3.63, 3.8) is 0 Å². The van der Waals surface area contributed by atoms with Crippen LogP contribution < -0.4 is 10.2 Å². The fourth-order valence-electron chi connectivity index (χ4n) is 2.58. The Morgan fingerprint density at radius 2 is 2.00 bits per heavy atom. The smallest absolute Gasteiger partial charge is 0.266 e. The monoisotopic (exact) mass is 280 g/mol. The molecule has 1 fully saturated rings. The van der Waals surface area contributed by atoms with Crippen molar-refractivity contribution < 1.29 is 4.52 Å². The van der Waals surface area contributed by atoms with Crippen LogP contribution in [0.3, 0.4) is 0 Å². The second kappa shape index (κ2) is 8.25. The maximum atomic E-state index is 5.38. The van der Waals surface area contributed by atoms with E-state index in [4.69, 9.17) is 4.52 Å². The molecule has 0 bridgehead atoms. The number of aromatic nitrogens is 2. The molecule has 0 spiro atoms. The molecular formula is C15H28N4O. The van der Waals surface area contributed by atoms with Crippen molar-refractivity contribution in [1.82, 2.24) is 15.5 Å². The van der Waals surface area contributed by atoms with Crippen molar-refractivity contribution >= 4 is 5.95 Å². The fraction of sp³-hybridized carbons (Fsp3) is 0.867. The summed E-state index contributed by atoms with van der Waals surface area (Å²) in [6, 6.07) is 0.503. The zero-order chi connectivity index (χ0) is 14.2. The lowest BCUT2D eigenvalue weighted by Crippen LogP contribution is -2.27. The van der Waals surface area contributed by atoms with Crippen LogP contribution in [0, 0.1) is 0 Å². The van der Waals surface area contributed by atoms with E-state index in [1.165, 1.54) is 32.1 Å². The Morgan fingerprint density at radius 3 is 2.70 bits per heavy atom. The van der Waals surface area contributed by atoms with E-state index in [2.05, 4.69) is 34.2 Å². The molecule has 0 amide bonds. The van der Waals surface area contributed by atoms with Gasteiger partial charge in [-0.25, -0.2) is 0 Å². The first-order valence-corrected chi connectivity index (χ1v) is 8.10. The highest BCUT2D eigenvalue weighted by Gasteiger charge is 2.16. The summed E-state index contributed by atoms with van der Waals surface area (Å²) >= 11 is 0. The van der Waals surface area contributed by atoms with Crippen LogP contribution in [-0.2, 0) is 6.42 Å². The average molecular weight is 280 g/mol. The van der Waals surface area contributed by atoms with Gasteiger partial charge >= 0.3 is 0 Å². The molecule has 0 aliphatic carbocycles. The third-order valence-electron chi connectivity index (χ3n) is 3.88. The Hall–Kier alpha value is -1.10. The Bertz CT molecular complexity index is 372. The standard InChI is InChI=1S/C15H28N4O/c1-3-10-16-13(2)8-9-14-17-15(18-20-14)19-11-6-4-5-7-12-19/h13,16H,3-12H2,1-2H3. The van der Waals surface area contributed by atoms with Crippen molar-refractivity contribution in [1.29, 1.82) is 0 Å². The minimum absolute atomic E-state index is 0.503. The van der Waals surface area contributed by atoms with Crippen LogP contribution in [0.4, 0.5) is 5.95 Å². The largest absolute Gasteiger partial charge is 0.338 e. The number of rotatable bonds is 7. The van der Waals surface area contributed by atoms with E-state index in [1.54, 1.807) is 0 Å². The molecule has 114 valence electrons. The number of nitrogens with zero attached hydrogens (tertiary/aromatic N) is 3. The van der Waals surface area contributed by atoms with E-state index in [1.807, 2.05) is 0 Å². The third-order valence-corrected chi connectivity index (χ3v) is 3.88. The summed E-state index contributed by atoms with van der Waals surface area (Å²) in [5.74, 6) is 1.56. The van der Waals surface area contributed by atoms with Crippen LogP contribution in [0.5, 0.6) is 0 Å². The average Bonchev–Trinajstić information content (AvgIpc) is 2.76. The summed E-state index contributed by atoms with van der Waals surface area (Å²) < 4.78 is 5.38. The number of aryl methyl sites for hydroxylation is 1. The highest BCUT2D eigenvalue weighted by molar-refractivity contribution is 5.27. The molecule has 5 heteroatoms. The lowest BCUT2D eigenvalue weighted by molar-refractivity contribution is 0.366. The number of nitrogens with one attached hydrogen (secondary N) is 1. The molecule has 2 rings (SSSR count). The lowest BCUT2D eigenvalue weighted by atomic mass is 10.2. The Morgan fingerprint density at radius 1 is 1.25 bits per heavy atom. The van der Waals surface area contributed by atoms with Gasteiger partial charge in [0, 0.05) is 25.6 Å². The minimum atomic E-state index is 0.503. The highest BCUT2D eigenvalue weighted by atomic mass is 16.5. The Labute approximate surface area is 122 Å². The first-order valence-electron chi connectivity index (χ1n) is 8.10. The molecule has 1 atom stereocenters. The molecule has 0 aromatic carbocycles. The molecule has 1 saturated heterocycles. The van der Waals surface area contributed by atoms with E-state index < -0.39 is 0 Å². The van der Waals surface area contributed by atoms with Gasteiger partial charge in [-0.05, 0) is 44.3 Å². The van der Waals surface area contributed by atoms with Crippen molar-refractivity contribution in [2.45, 2.75) is 64.8 Å². The first-order chi connectivity index (χ1) is 9.79. The Kier molecular flexibility index (Phi) is 6.30. The van der Waals surface area contributed by atoms with Crippen LogP contribution in [-0.4, -0.2) is 35.8 Å².